The molecule has 6 N–H and O–H groups in total. The van der Waals surface area contributed by atoms with Gasteiger partial charge in [-0.1, -0.05) is 0 Å². The van der Waals surface area contributed by atoms with E-state index in [4.69, 9.17) is 26.7 Å². The van der Waals surface area contributed by atoms with Crippen molar-refractivity contribution in [1.29, 1.82) is 0 Å². The first-order valence-corrected chi connectivity index (χ1v) is 16.5. The highest BCUT2D eigenvalue weighted by Crippen LogP contribution is 2.35. The number of rotatable bonds is 9. The maximum atomic E-state index is 6.07. The summed E-state index contributed by atoms with van der Waals surface area (Å²) in [7, 11) is 4.37. The molecule has 0 aliphatic carbocycles. The van der Waals surface area contributed by atoms with Gasteiger partial charge in [-0.25, -0.2) is 0 Å². The predicted octanol–water partition coefficient (Wildman–Crippen LogP) is 8.62. The molecule has 0 amide bonds. The van der Waals surface area contributed by atoms with E-state index >= 15 is 0 Å². The number of nitrogens with zero attached hydrogens (tertiary/aromatic N) is 4. The summed E-state index contributed by atoms with van der Waals surface area (Å²) in [4.78, 5) is 7.10. The van der Waals surface area contributed by atoms with E-state index < -0.39 is 0 Å². The molecule has 1 aliphatic rings. The standard InChI is InChI=1S/C41H42N7O2/c1-48(2,36-15-3-30(42)4-16-36)37-17-9-33(10-18-37)45-27-46(34-11-23-40(24-12-34)49-38-19-5-31(43)6-20-38)29-47(28-45)35-13-25-41(26-14-35)50-39-21-7-32(44)8-22-39/h3-26H,27-29,42-44H2,1-2H3/q+1. The third kappa shape index (κ3) is 7.23. The van der Waals surface area contributed by atoms with Gasteiger partial charge in [0.25, 0.3) is 0 Å². The Kier molecular flexibility index (Phi) is 8.81. The molecule has 0 unspecified atom stereocenters. The molecule has 7 rings (SSSR count). The summed E-state index contributed by atoms with van der Waals surface area (Å²) in [5.41, 5.74) is 25.5. The lowest BCUT2D eigenvalue weighted by Gasteiger charge is -2.45. The summed E-state index contributed by atoms with van der Waals surface area (Å²) in [6.07, 6.45) is 0. The smallest absolute Gasteiger partial charge is 0.137 e. The van der Waals surface area contributed by atoms with Gasteiger partial charge in [0.05, 0.1) is 34.1 Å². The number of nitrogens with two attached hydrogens (primary N) is 3. The maximum Gasteiger partial charge on any atom is 0.137 e. The maximum absolute atomic E-state index is 6.07. The second-order valence-electron chi connectivity index (χ2n) is 12.9. The molecule has 0 radical (unpaired) electrons. The van der Waals surface area contributed by atoms with Gasteiger partial charge in [-0.15, -0.1) is 0 Å². The van der Waals surface area contributed by atoms with E-state index in [9.17, 15) is 0 Å². The van der Waals surface area contributed by atoms with Crippen molar-refractivity contribution in [3.8, 4) is 23.0 Å². The van der Waals surface area contributed by atoms with Gasteiger partial charge < -0.3 is 41.4 Å². The first-order chi connectivity index (χ1) is 24.2. The molecule has 252 valence electrons. The normalized spacial score (nSPS) is 13.3. The van der Waals surface area contributed by atoms with Crippen LogP contribution in [0.3, 0.4) is 0 Å². The van der Waals surface area contributed by atoms with Crippen LogP contribution in [-0.4, -0.2) is 34.1 Å². The number of ether oxygens (including phenoxy) is 2. The SMILES string of the molecule is C[N+](C)(c1ccc(N)cc1)c1ccc(N2CN(c3ccc(Oc4ccc(N)cc4)cc3)CN(c3ccc(Oc4ccc(N)cc4)cc3)C2)cc1. The Balaban J connectivity index is 1.13. The number of quaternary nitrogens is 1. The molecule has 0 spiro atoms. The van der Waals surface area contributed by atoms with Gasteiger partial charge in [0.1, 0.15) is 34.4 Å². The molecule has 1 aliphatic heterocycles. The lowest BCUT2D eigenvalue weighted by molar-refractivity contribution is 0.482. The Morgan fingerprint density at radius 2 is 0.620 bits per heavy atom. The van der Waals surface area contributed by atoms with Crippen molar-refractivity contribution in [2.75, 3.05) is 66.0 Å². The fourth-order valence-electron chi connectivity index (χ4n) is 6.07. The van der Waals surface area contributed by atoms with Crippen molar-refractivity contribution >= 4 is 45.5 Å². The minimum absolute atomic E-state index is 0.606. The first-order valence-electron chi connectivity index (χ1n) is 16.5. The molecular weight excluding hydrogens is 622 g/mol. The predicted molar refractivity (Wildman–Crippen MR) is 207 cm³/mol. The summed E-state index contributed by atoms with van der Waals surface area (Å²) in [6.45, 7) is 2.12. The average Bonchev–Trinajstić information content (AvgIpc) is 3.14. The molecule has 0 bridgehead atoms. The van der Waals surface area contributed by atoms with E-state index in [0.717, 1.165) is 51.4 Å². The van der Waals surface area contributed by atoms with E-state index in [0.29, 0.717) is 35.9 Å². The van der Waals surface area contributed by atoms with E-state index in [2.05, 4.69) is 89.5 Å². The third-order valence-electron chi connectivity index (χ3n) is 9.06. The minimum Gasteiger partial charge on any atom is -0.457 e. The van der Waals surface area contributed by atoms with Crippen LogP contribution in [0.15, 0.2) is 146 Å². The number of anilines is 6. The number of hydrogen-bond acceptors (Lipinski definition) is 8. The van der Waals surface area contributed by atoms with E-state index in [1.165, 1.54) is 5.69 Å². The summed E-state index contributed by atoms with van der Waals surface area (Å²) >= 11 is 0. The molecular formula is C41H42N7O2+. The van der Waals surface area contributed by atoms with Crippen molar-refractivity contribution in [1.82, 2.24) is 4.48 Å². The Bertz CT molecular complexity index is 1910. The van der Waals surface area contributed by atoms with Crippen LogP contribution in [0, 0.1) is 0 Å². The summed E-state index contributed by atoms with van der Waals surface area (Å²) < 4.78 is 12.7. The van der Waals surface area contributed by atoms with Crippen LogP contribution >= 0.6 is 0 Å². The monoisotopic (exact) mass is 664 g/mol. The number of hydrogen-bond donors (Lipinski definition) is 3. The molecule has 6 aromatic carbocycles. The molecule has 50 heavy (non-hydrogen) atoms. The second kappa shape index (κ2) is 13.7. The number of nitrogen functional groups attached to an aromatic ring is 3. The van der Waals surface area contributed by atoms with Crippen molar-refractivity contribution in [2.24, 2.45) is 0 Å². The van der Waals surface area contributed by atoms with Crippen LogP contribution in [0.25, 0.3) is 0 Å². The van der Waals surface area contributed by atoms with Crippen molar-refractivity contribution < 1.29 is 9.47 Å². The zero-order chi connectivity index (χ0) is 34.7. The van der Waals surface area contributed by atoms with Crippen molar-refractivity contribution in [3.05, 3.63) is 146 Å². The lowest BCUT2D eigenvalue weighted by Crippen LogP contribution is -2.55. The Morgan fingerprint density at radius 3 is 0.940 bits per heavy atom. The van der Waals surface area contributed by atoms with Crippen LogP contribution in [-0.2, 0) is 0 Å². The highest BCUT2D eigenvalue weighted by molar-refractivity contribution is 5.65. The summed E-state index contributed by atoms with van der Waals surface area (Å²) in [6, 6.07) is 48.2. The molecule has 1 saturated heterocycles. The van der Waals surface area contributed by atoms with E-state index in [1.807, 2.05) is 84.9 Å². The first kappa shape index (κ1) is 32.2. The Morgan fingerprint density at radius 1 is 0.380 bits per heavy atom. The minimum atomic E-state index is 0.606. The zero-order valence-electron chi connectivity index (χ0n) is 28.3. The largest absolute Gasteiger partial charge is 0.457 e. The average molecular weight is 665 g/mol. The van der Waals surface area contributed by atoms with Gasteiger partial charge in [0.15, 0.2) is 0 Å². The highest BCUT2D eigenvalue weighted by atomic mass is 16.5. The third-order valence-corrected chi connectivity index (χ3v) is 9.06. The van der Waals surface area contributed by atoms with Crippen LogP contribution in [0.2, 0.25) is 0 Å². The fourth-order valence-corrected chi connectivity index (χ4v) is 6.07. The van der Waals surface area contributed by atoms with Crippen LogP contribution < -0.4 is 45.9 Å². The highest BCUT2D eigenvalue weighted by Gasteiger charge is 2.27. The molecule has 1 heterocycles. The van der Waals surface area contributed by atoms with Gasteiger partial charge >= 0.3 is 0 Å². The number of benzene rings is 6. The van der Waals surface area contributed by atoms with E-state index in [-0.39, 0.29) is 0 Å². The second-order valence-corrected chi connectivity index (χ2v) is 12.9. The van der Waals surface area contributed by atoms with Gasteiger partial charge in [0.2, 0.25) is 0 Å². The van der Waals surface area contributed by atoms with Crippen molar-refractivity contribution in [3.63, 3.8) is 0 Å². The molecule has 1 fully saturated rings. The van der Waals surface area contributed by atoms with Gasteiger partial charge in [-0.2, -0.15) is 0 Å². The molecule has 9 nitrogen and oxygen atoms in total. The Hall–Kier alpha value is -6.32. The van der Waals surface area contributed by atoms with E-state index in [1.54, 1.807) is 0 Å². The quantitative estimate of drug-likeness (QED) is 0.104. The van der Waals surface area contributed by atoms with Crippen molar-refractivity contribution in [2.45, 2.75) is 0 Å². The summed E-state index contributed by atoms with van der Waals surface area (Å²) in [5, 5.41) is 0. The topological polar surface area (TPSA) is 106 Å². The van der Waals surface area contributed by atoms with Gasteiger partial charge in [0, 0.05) is 58.4 Å². The molecule has 0 aromatic heterocycles. The Labute approximate surface area is 293 Å². The lowest BCUT2D eigenvalue weighted by atomic mass is 10.2. The molecule has 0 atom stereocenters. The molecule has 0 saturated carbocycles. The summed E-state index contributed by atoms with van der Waals surface area (Å²) in [5.74, 6) is 3.01. The molecule has 9 heteroatoms. The van der Waals surface area contributed by atoms with Gasteiger partial charge in [-0.3, -0.25) is 4.48 Å². The van der Waals surface area contributed by atoms with Crippen LogP contribution in [0.5, 0.6) is 23.0 Å². The van der Waals surface area contributed by atoms with Gasteiger partial charge in [-0.05, 0) is 121 Å². The molecule has 6 aromatic rings. The fraction of sp³-hybridized carbons (Fsp3) is 0.122. The van der Waals surface area contributed by atoms with Crippen LogP contribution in [0.4, 0.5) is 45.5 Å². The zero-order valence-corrected chi connectivity index (χ0v) is 28.3. The van der Waals surface area contributed by atoms with Crippen LogP contribution in [0.1, 0.15) is 0 Å².